The van der Waals surface area contributed by atoms with Gasteiger partial charge < -0.3 is 9.47 Å². The van der Waals surface area contributed by atoms with E-state index in [1.165, 1.54) is 0 Å². The average molecular weight is 396 g/mol. The molecule has 0 bridgehead atoms. The molecule has 6 nitrogen and oxygen atoms in total. The van der Waals surface area contributed by atoms with E-state index < -0.39 is 0 Å². The maximum absolute atomic E-state index is 12.2. The van der Waals surface area contributed by atoms with Crippen molar-refractivity contribution in [1.29, 1.82) is 0 Å². The Labute approximate surface area is 172 Å². The van der Waals surface area contributed by atoms with Crippen LogP contribution in [0.5, 0.6) is 5.75 Å². The van der Waals surface area contributed by atoms with Gasteiger partial charge in [-0.1, -0.05) is 36.4 Å². The van der Waals surface area contributed by atoms with Crippen molar-refractivity contribution in [3.05, 3.63) is 65.2 Å². The number of aryl methyl sites for hydroxylation is 2. The molecule has 1 atom stereocenters. The Kier molecular flexibility index (Phi) is 7.38. The Morgan fingerprint density at radius 2 is 1.79 bits per heavy atom. The van der Waals surface area contributed by atoms with Gasteiger partial charge in [-0.05, 0) is 49.6 Å². The Morgan fingerprint density at radius 1 is 1.14 bits per heavy atom. The Bertz CT molecular complexity index is 825. The smallest absolute Gasteiger partial charge is 0.277 e. The summed E-state index contributed by atoms with van der Waals surface area (Å²) >= 11 is 0. The molecule has 0 radical (unpaired) electrons. The monoisotopic (exact) mass is 395 g/mol. The Hall–Kier alpha value is -2.70. The van der Waals surface area contributed by atoms with E-state index in [2.05, 4.69) is 33.6 Å². The molecule has 1 saturated heterocycles. The highest BCUT2D eigenvalue weighted by Gasteiger charge is 2.25. The van der Waals surface area contributed by atoms with Gasteiger partial charge in [0.25, 0.3) is 5.91 Å². The highest BCUT2D eigenvalue weighted by Crippen LogP contribution is 2.23. The molecule has 1 heterocycles. The van der Waals surface area contributed by atoms with Crippen LogP contribution >= 0.6 is 0 Å². The number of hydrogen-bond donors (Lipinski definition) is 1. The van der Waals surface area contributed by atoms with Crippen LogP contribution < -0.4 is 10.2 Å². The summed E-state index contributed by atoms with van der Waals surface area (Å²) in [6.45, 7) is 8.93. The maximum atomic E-state index is 12.2. The van der Waals surface area contributed by atoms with Crippen LogP contribution in [-0.2, 0) is 9.53 Å². The van der Waals surface area contributed by atoms with Crippen LogP contribution in [0.15, 0.2) is 53.6 Å². The van der Waals surface area contributed by atoms with Crippen LogP contribution in [0.2, 0.25) is 0 Å². The zero-order valence-electron chi connectivity index (χ0n) is 17.4. The number of nitrogens with one attached hydrogen (secondary N) is 1. The lowest BCUT2D eigenvalue weighted by molar-refractivity contribution is -0.123. The molecule has 1 aliphatic heterocycles. The average Bonchev–Trinajstić information content (AvgIpc) is 2.72. The minimum absolute atomic E-state index is 0.000686. The lowest BCUT2D eigenvalue weighted by Gasteiger charge is -2.34. The number of nitrogens with zero attached hydrogens (tertiary/aromatic N) is 2. The van der Waals surface area contributed by atoms with E-state index >= 15 is 0 Å². The molecule has 0 unspecified atom stereocenters. The summed E-state index contributed by atoms with van der Waals surface area (Å²) < 4.78 is 11.1. The second-order valence-electron chi connectivity index (χ2n) is 7.36. The summed E-state index contributed by atoms with van der Waals surface area (Å²) in [7, 11) is 0. The second-order valence-corrected chi connectivity index (χ2v) is 7.36. The van der Waals surface area contributed by atoms with Crippen molar-refractivity contribution in [1.82, 2.24) is 10.3 Å². The van der Waals surface area contributed by atoms with Crippen LogP contribution in [0.3, 0.4) is 0 Å². The van der Waals surface area contributed by atoms with E-state index in [1.807, 2.05) is 51.1 Å². The minimum Gasteiger partial charge on any atom is -0.484 e. The van der Waals surface area contributed by atoms with Gasteiger partial charge in [-0.25, -0.2) is 5.43 Å². The number of hydrazone groups is 1. The number of benzene rings is 2. The molecule has 154 valence electrons. The number of carbonyl (C=O) groups excluding carboxylic acids is 1. The largest absolute Gasteiger partial charge is 0.484 e. The third-order valence-electron chi connectivity index (χ3n) is 4.84. The molecule has 1 amide bonds. The zero-order valence-corrected chi connectivity index (χ0v) is 17.4. The van der Waals surface area contributed by atoms with Crippen molar-refractivity contribution >= 4 is 11.6 Å². The van der Waals surface area contributed by atoms with E-state index in [1.54, 1.807) is 0 Å². The van der Waals surface area contributed by atoms with Gasteiger partial charge in [0.1, 0.15) is 5.75 Å². The zero-order chi connectivity index (χ0) is 20.6. The molecule has 6 heteroatoms. The number of carbonyl (C=O) groups is 1. The maximum Gasteiger partial charge on any atom is 0.277 e. The third-order valence-corrected chi connectivity index (χ3v) is 4.84. The van der Waals surface area contributed by atoms with Gasteiger partial charge in [-0.15, -0.1) is 0 Å². The van der Waals surface area contributed by atoms with Crippen molar-refractivity contribution in [2.45, 2.75) is 26.8 Å². The first-order chi connectivity index (χ1) is 14.0. The van der Waals surface area contributed by atoms with Gasteiger partial charge in [0.2, 0.25) is 0 Å². The molecule has 2 aromatic rings. The van der Waals surface area contributed by atoms with Crippen molar-refractivity contribution < 1.29 is 14.3 Å². The van der Waals surface area contributed by atoms with E-state index in [0.29, 0.717) is 19.0 Å². The molecule has 0 aromatic heterocycles. The van der Waals surface area contributed by atoms with Gasteiger partial charge in [0.15, 0.2) is 6.61 Å². The van der Waals surface area contributed by atoms with Crippen molar-refractivity contribution in [3.63, 3.8) is 0 Å². The summed E-state index contributed by atoms with van der Waals surface area (Å²) in [5, 5.41) is 4.38. The van der Waals surface area contributed by atoms with Gasteiger partial charge in [-0.3, -0.25) is 9.69 Å². The highest BCUT2D eigenvalue weighted by molar-refractivity contribution is 5.90. The molecule has 2 aromatic carbocycles. The number of hydrogen-bond acceptors (Lipinski definition) is 5. The predicted molar refractivity (Wildman–Crippen MR) is 114 cm³/mol. The number of morpholine rings is 1. The number of ether oxygens (including phenoxy) is 2. The normalized spacial score (nSPS) is 16.3. The summed E-state index contributed by atoms with van der Waals surface area (Å²) in [5.41, 5.74) is 6.82. The van der Waals surface area contributed by atoms with Crippen molar-refractivity contribution in [2.75, 3.05) is 32.9 Å². The Morgan fingerprint density at radius 3 is 2.45 bits per heavy atom. The predicted octanol–water partition coefficient (Wildman–Crippen LogP) is 3.25. The molecule has 0 saturated carbocycles. The van der Waals surface area contributed by atoms with Crippen molar-refractivity contribution in [3.8, 4) is 5.75 Å². The molecule has 1 aliphatic rings. The molecule has 1 N–H and O–H groups in total. The first kappa shape index (κ1) is 21.0. The lowest BCUT2D eigenvalue weighted by atomic mass is 10.0. The third kappa shape index (κ3) is 6.14. The van der Waals surface area contributed by atoms with Gasteiger partial charge >= 0.3 is 0 Å². The summed E-state index contributed by atoms with van der Waals surface area (Å²) in [6, 6.07) is 16.1. The topological polar surface area (TPSA) is 63.2 Å². The van der Waals surface area contributed by atoms with Crippen LogP contribution in [0.4, 0.5) is 0 Å². The number of amides is 1. The first-order valence-corrected chi connectivity index (χ1v) is 9.94. The van der Waals surface area contributed by atoms with E-state index in [-0.39, 0.29) is 18.6 Å². The van der Waals surface area contributed by atoms with Crippen molar-refractivity contribution in [2.24, 2.45) is 5.10 Å². The van der Waals surface area contributed by atoms with Gasteiger partial charge in [-0.2, -0.15) is 5.10 Å². The fraction of sp³-hybridized carbons (Fsp3) is 0.391. The fourth-order valence-corrected chi connectivity index (χ4v) is 3.60. The minimum atomic E-state index is -0.280. The molecule has 1 fully saturated rings. The van der Waals surface area contributed by atoms with E-state index in [0.717, 1.165) is 35.5 Å². The first-order valence-electron chi connectivity index (χ1n) is 9.94. The van der Waals surface area contributed by atoms with E-state index in [9.17, 15) is 4.79 Å². The quantitative estimate of drug-likeness (QED) is 0.577. The fourth-order valence-electron chi connectivity index (χ4n) is 3.60. The lowest BCUT2D eigenvalue weighted by Crippen LogP contribution is -2.42. The van der Waals surface area contributed by atoms with Gasteiger partial charge in [0, 0.05) is 13.1 Å². The SMILES string of the molecule is C/C(=N/NC(=O)COc1cc(C)cc(C)c1)[C@H](c1ccccc1)N1CCOCC1. The standard InChI is InChI=1S/C23H29N3O3/c1-17-13-18(2)15-21(14-17)29-16-22(27)25-24-19(3)23(20-7-5-4-6-8-20)26-9-11-28-12-10-26/h4-8,13-15,23H,9-12,16H2,1-3H3,(H,25,27)/b24-19-/t23-/m1/s1. The molecular weight excluding hydrogens is 366 g/mol. The molecule has 0 aliphatic carbocycles. The molecule has 3 rings (SSSR count). The summed E-state index contributed by atoms with van der Waals surface area (Å²) in [5.74, 6) is 0.408. The van der Waals surface area contributed by atoms with Crippen LogP contribution in [0.25, 0.3) is 0 Å². The summed E-state index contributed by atoms with van der Waals surface area (Å²) in [6.07, 6.45) is 0. The van der Waals surface area contributed by atoms with E-state index in [4.69, 9.17) is 9.47 Å². The summed E-state index contributed by atoms with van der Waals surface area (Å²) in [4.78, 5) is 14.6. The second kappa shape index (κ2) is 10.2. The number of rotatable bonds is 7. The molecule has 0 spiro atoms. The van der Waals surface area contributed by atoms with Gasteiger partial charge in [0.05, 0.1) is 25.0 Å². The highest BCUT2D eigenvalue weighted by atomic mass is 16.5. The van der Waals surface area contributed by atoms with Crippen LogP contribution in [0, 0.1) is 13.8 Å². The molecule has 29 heavy (non-hydrogen) atoms. The molecular formula is C23H29N3O3. The Balaban J connectivity index is 1.64. The van der Waals surface area contributed by atoms with Crippen LogP contribution in [0.1, 0.15) is 29.7 Å². The van der Waals surface area contributed by atoms with Crippen LogP contribution in [-0.4, -0.2) is 49.4 Å².